The van der Waals surface area contributed by atoms with Gasteiger partial charge in [-0.1, -0.05) is 72.0 Å². The first-order valence-electron chi connectivity index (χ1n) is 11.0. The fraction of sp³-hybridized carbons (Fsp3) is 0.640. The molecule has 29 heavy (non-hydrogen) atoms. The van der Waals surface area contributed by atoms with Crippen molar-refractivity contribution in [2.45, 2.75) is 97.3 Å². The minimum Gasteiger partial charge on any atom is -0.507 e. The van der Waals surface area contributed by atoms with Gasteiger partial charge in [0.1, 0.15) is 17.1 Å². The highest BCUT2D eigenvalue weighted by molar-refractivity contribution is 5.94. The third kappa shape index (κ3) is 5.15. The number of phenols is 2. The minimum absolute atomic E-state index is 0.0187. The van der Waals surface area contributed by atoms with Gasteiger partial charge in [0.15, 0.2) is 0 Å². The molecule has 1 atom stereocenters. The van der Waals surface area contributed by atoms with E-state index in [2.05, 4.69) is 27.4 Å². The normalized spacial score (nSPS) is 21.3. The maximum Gasteiger partial charge on any atom is 0.339 e. The lowest BCUT2D eigenvalue weighted by molar-refractivity contribution is 0.0692. The predicted octanol–water partition coefficient (Wildman–Crippen LogP) is 6.72. The van der Waals surface area contributed by atoms with E-state index >= 15 is 0 Å². The van der Waals surface area contributed by atoms with Crippen LogP contribution < -0.4 is 0 Å². The second-order valence-corrected chi connectivity index (χ2v) is 9.75. The zero-order valence-electron chi connectivity index (χ0n) is 18.6. The predicted molar refractivity (Wildman–Crippen MR) is 118 cm³/mol. The number of hydrogen-bond acceptors (Lipinski definition) is 3. The van der Waals surface area contributed by atoms with E-state index in [9.17, 15) is 20.1 Å². The van der Waals surface area contributed by atoms with Gasteiger partial charge in [0.25, 0.3) is 0 Å². The highest BCUT2D eigenvalue weighted by atomic mass is 16.4. The number of unbranched alkanes of at least 4 members (excludes halogenated alkanes) is 5. The van der Waals surface area contributed by atoms with Gasteiger partial charge in [-0.25, -0.2) is 4.79 Å². The van der Waals surface area contributed by atoms with Crippen molar-refractivity contribution >= 4 is 5.97 Å². The molecule has 2 rings (SSSR count). The summed E-state index contributed by atoms with van der Waals surface area (Å²) >= 11 is 0. The molecule has 1 aliphatic carbocycles. The van der Waals surface area contributed by atoms with Crippen molar-refractivity contribution in [1.82, 2.24) is 0 Å². The van der Waals surface area contributed by atoms with E-state index in [0.29, 0.717) is 24.0 Å². The van der Waals surface area contributed by atoms with Crippen LogP contribution in [0.25, 0.3) is 0 Å². The van der Waals surface area contributed by atoms with E-state index in [1.807, 2.05) is 6.92 Å². The third-order valence-corrected chi connectivity index (χ3v) is 6.64. The Hall–Kier alpha value is -1.97. The number of benzene rings is 1. The summed E-state index contributed by atoms with van der Waals surface area (Å²) in [5.41, 5.74) is 1.07. The molecule has 0 amide bonds. The van der Waals surface area contributed by atoms with Crippen LogP contribution in [0.5, 0.6) is 11.5 Å². The standard InChI is InChI=1S/C25H38O4/c1-6-7-8-9-10-11-12-18-15-19(26)21(22(27)20(18)23(28)29)25(5)16-24(3,4)14-13-17(25)2/h15,26-27H,2,6-14,16H2,1,3-5H3,(H,28,29). The number of aryl methyl sites for hydroxylation is 1. The lowest BCUT2D eigenvalue weighted by atomic mass is 9.59. The van der Waals surface area contributed by atoms with Crippen LogP contribution >= 0.6 is 0 Å². The monoisotopic (exact) mass is 402 g/mol. The molecular weight excluding hydrogens is 364 g/mol. The fourth-order valence-corrected chi connectivity index (χ4v) is 4.98. The second-order valence-electron chi connectivity index (χ2n) is 9.75. The van der Waals surface area contributed by atoms with E-state index in [4.69, 9.17) is 0 Å². The van der Waals surface area contributed by atoms with E-state index < -0.39 is 11.4 Å². The SMILES string of the molecule is C=C1CCC(C)(C)CC1(C)c1c(O)cc(CCCCCCCC)c(C(=O)O)c1O. The quantitative estimate of drug-likeness (QED) is 0.316. The Morgan fingerprint density at radius 2 is 1.72 bits per heavy atom. The van der Waals surface area contributed by atoms with Gasteiger partial charge < -0.3 is 15.3 Å². The van der Waals surface area contributed by atoms with Crippen LogP contribution in [0.1, 0.15) is 107 Å². The molecule has 0 bridgehead atoms. The maximum atomic E-state index is 12.0. The van der Waals surface area contributed by atoms with Crippen LogP contribution in [-0.4, -0.2) is 21.3 Å². The Morgan fingerprint density at radius 1 is 1.10 bits per heavy atom. The first kappa shape index (κ1) is 23.3. The fourth-order valence-electron chi connectivity index (χ4n) is 4.98. The summed E-state index contributed by atoms with van der Waals surface area (Å²) in [5.74, 6) is -1.45. The molecule has 1 aliphatic rings. The van der Waals surface area contributed by atoms with Crippen molar-refractivity contribution in [3.8, 4) is 11.5 Å². The van der Waals surface area contributed by atoms with E-state index in [1.54, 1.807) is 6.07 Å². The molecule has 0 heterocycles. The van der Waals surface area contributed by atoms with Gasteiger partial charge in [0.05, 0.1) is 0 Å². The summed E-state index contributed by atoms with van der Waals surface area (Å²) in [4.78, 5) is 12.0. The first-order chi connectivity index (χ1) is 13.5. The van der Waals surface area contributed by atoms with Crippen LogP contribution in [0.4, 0.5) is 0 Å². The summed E-state index contributed by atoms with van der Waals surface area (Å²) in [6, 6.07) is 1.56. The van der Waals surface area contributed by atoms with Crippen molar-refractivity contribution in [1.29, 1.82) is 0 Å². The van der Waals surface area contributed by atoms with Crippen LogP contribution in [-0.2, 0) is 11.8 Å². The van der Waals surface area contributed by atoms with Gasteiger partial charge in [0.2, 0.25) is 0 Å². The summed E-state index contributed by atoms with van der Waals surface area (Å²) in [6.45, 7) is 12.7. The molecule has 0 aliphatic heterocycles. The van der Waals surface area contributed by atoms with Crippen LogP contribution in [0, 0.1) is 5.41 Å². The Bertz CT molecular complexity index is 763. The average molecular weight is 403 g/mol. The summed E-state index contributed by atoms with van der Waals surface area (Å²) in [7, 11) is 0. The number of phenolic OH excluding ortho intramolecular Hbond substituents is 1. The highest BCUT2D eigenvalue weighted by Gasteiger charge is 2.44. The molecule has 4 heteroatoms. The van der Waals surface area contributed by atoms with Crippen LogP contribution in [0.15, 0.2) is 18.2 Å². The molecule has 4 nitrogen and oxygen atoms in total. The van der Waals surface area contributed by atoms with Crippen molar-refractivity contribution in [3.05, 3.63) is 34.9 Å². The second kappa shape index (κ2) is 9.23. The van der Waals surface area contributed by atoms with E-state index in [-0.39, 0.29) is 22.5 Å². The lowest BCUT2D eigenvalue weighted by Gasteiger charge is -2.45. The zero-order valence-corrected chi connectivity index (χ0v) is 18.6. The van der Waals surface area contributed by atoms with Gasteiger partial charge in [-0.05, 0) is 49.1 Å². The number of aromatic hydroxyl groups is 2. The molecular formula is C25H38O4. The smallest absolute Gasteiger partial charge is 0.339 e. The number of rotatable bonds is 9. The summed E-state index contributed by atoms with van der Waals surface area (Å²) in [5, 5.41) is 31.7. The van der Waals surface area contributed by atoms with Gasteiger partial charge in [0, 0.05) is 11.0 Å². The number of hydrogen-bond donors (Lipinski definition) is 3. The number of carbonyl (C=O) groups is 1. The topological polar surface area (TPSA) is 77.8 Å². The molecule has 1 aromatic rings. The molecule has 1 aromatic carbocycles. The Morgan fingerprint density at radius 3 is 2.34 bits per heavy atom. The molecule has 0 aromatic heterocycles. The Balaban J connectivity index is 2.37. The molecule has 0 saturated heterocycles. The van der Waals surface area contributed by atoms with Crippen LogP contribution in [0.3, 0.4) is 0 Å². The van der Waals surface area contributed by atoms with Crippen molar-refractivity contribution in [3.63, 3.8) is 0 Å². The molecule has 162 valence electrons. The number of allylic oxidation sites excluding steroid dienone is 1. The Kier molecular flexibility index (Phi) is 7.42. The zero-order chi connectivity index (χ0) is 21.8. The first-order valence-corrected chi connectivity index (χ1v) is 11.0. The number of carboxylic acid groups (broad SMARTS) is 1. The van der Waals surface area contributed by atoms with Gasteiger partial charge >= 0.3 is 5.97 Å². The summed E-state index contributed by atoms with van der Waals surface area (Å²) in [6.07, 6.45) is 9.61. The molecule has 1 saturated carbocycles. The van der Waals surface area contributed by atoms with Crippen LogP contribution in [0.2, 0.25) is 0 Å². The highest BCUT2D eigenvalue weighted by Crippen LogP contribution is 2.55. The molecule has 1 unspecified atom stereocenters. The molecule has 0 radical (unpaired) electrons. The average Bonchev–Trinajstić information content (AvgIpc) is 2.60. The molecule has 3 N–H and O–H groups in total. The van der Waals surface area contributed by atoms with E-state index in [1.165, 1.54) is 19.3 Å². The third-order valence-electron chi connectivity index (χ3n) is 6.64. The lowest BCUT2D eigenvalue weighted by Crippen LogP contribution is -2.36. The number of aromatic carboxylic acids is 1. The van der Waals surface area contributed by atoms with Crippen molar-refractivity contribution in [2.24, 2.45) is 5.41 Å². The largest absolute Gasteiger partial charge is 0.507 e. The number of carboxylic acids is 1. The van der Waals surface area contributed by atoms with Crippen molar-refractivity contribution < 1.29 is 20.1 Å². The minimum atomic E-state index is -1.14. The Labute approximate surface area is 175 Å². The van der Waals surface area contributed by atoms with E-state index in [0.717, 1.165) is 37.7 Å². The van der Waals surface area contributed by atoms with Gasteiger partial charge in [-0.2, -0.15) is 0 Å². The van der Waals surface area contributed by atoms with Gasteiger partial charge in [-0.15, -0.1) is 0 Å². The van der Waals surface area contributed by atoms with Gasteiger partial charge in [-0.3, -0.25) is 0 Å². The van der Waals surface area contributed by atoms with Crippen molar-refractivity contribution in [2.75, 3.05) is 0 Å². The summed E-state index contributed by atoms with van der Waals surface area (Å²) < 4.78 is 0. The molecule has 0 spiro atoms. The maximum absolute atomic E-state index is 12.0. The molecule has 1 fully saturated rings.